The first-order valence-corrected chi connectivity index (χ1v) is 6.78. The summed E-state index contributed by atoms with van der Waals surface area (Å²) < 4.78 is 43.1. The van der Waals surface area contributed by atoms with Crippen LogP contribution in [0.1, 0.15) is 12.0 Å². The first-order valence-electron chi connectivity index (χ1n) is 5.99. The fraction of sp³-hybridized carbons (Fsp3) is 0.385. The normalized spacial score (nSPS) is 19.0. The minimum absolute atomic E-state index is 0.0183. The van der Waals surface area contributed by atoms with E-state index in [1.807, 2.05) is 0 Å². The van der Waals surface area contributed by atoms with Gasteiger partial charge in [-0.2, -0.15) is 13.2 Å². The fourth-order valence-electron chi connectivity index (χ4n) is 2.18. The zero-order valence-corrected chi connectivity index (χ0v) is 12.5. The molecule has 2 rings (SSSR count). The number of nitrogens with zero attached hydrogens (tertiary/aromatic N) is 1. The molecule has 1 aliphatic heterocycles. The number of methoxy groups -OCH3 is 1. The van der Waals surface area contributed by atoms with Gasteiger partial charge in [0.05, 0.1) is 18.6 Å². The predicted octanol–water partition coefficient (Wildman–Crippen LogP) is 2.99. The summed E-state index contributed by atoms with van der Waals surface area (Å²) in [6.45, 7) is 0.0183. The van der Waals surface area contributed by atoms with Crippen LogP contribution in [0.3, 0.4) is 0 Å². The van der Waals surface area contributed by atoms with E-state index in [1.165, 1.54) is 24.1 Å². The van der Waals surface area contributed by atoms with Gasteiger partial charge in [0.1, 0.15) is 0 Å². The highest BCUT2D eigenvalue weighted by Crippen LogP contribution is 2.38. The summed E-state index contributed by atoms with van der Waals surface area (Å²) in [6, 6.07) is 3.52. The monoisotopic (exact) mass is 365 g/mol. The Morgan fingerprint density at radius 3 is 2.67 bits per heavy atom. The third kappa shape index (κ3) is 3.20. The summed E-state index contributed by atoms with van der Waals surface area (Å²) in [7, 11) is 1.21. The number of amides is 1. The Bertz CT molecular complexity index is 589. The van der Waals surface area contributed by atoms with Crippen molar-refractivity contribution in [2.45, 2.75) is 12.6 Å². The van der Waals surface area contributed by atoms with Crippen LogP contribution in [0.4, 0.5) is 18.9 Å². The lowest BCUT2D eigenvalue weighted by Crippen LogP contribution is -2.26. The smallest absolute Gasteiger partial charge is 0.417 e. The Kier molecular flexibility index (Phi) is 4.27. The van der Waals surface area contributed by atoms with Crippen molar-refractivity contribution in [3.63, 3.8) is 0 Å². The number of ether oxygens (including phenoxy) is 1. The summed E-state index contributed by atoms with van der Waals surface area (Å²) in [5, 5.41) is 0. The average molecular weight is 366 g/mol. The minimum Gasteiger partial charge on any atom is -0.469 e. The molecule has 1 saturated heterocycles. The van der Waals surface area contributed by atoms with Crippen LogP contribution in [-0.2, 0) is 20.5 Å². The minimum atomic E-state index is -4.53. The van der Waals surface area contributed by atoms with Gasteiger partial charge in [-0.15, -0.1) is 0 Å². The van der Waals surface area contributed by atoms with Gasteiger partial charge in [-0.3, -0.25) is 9.59 Å². The highest BCUT2D eigenvalue weighted by Gasteiger charge is 2.38. The van der Waals surface area contributed by atoms with E-state index in [0.29, 0.717) is 0 Å². The summed E-state index contributed by atoms with van der Waals surface area (Å²) in [5.74, 6) is -1.60. The summed E-state index contributed by atoms with van der Waals surface area (Å²) >= 11 is 2.84. The van der Waals surface area contributed by atoms with Crippen LogP contribution < -0.4 is 4.90 Å². The van der Waals surface area contributed by atoms with Gasteiger partial charge in [0.15, 0.2) is 0 Å². The predicted molar refractivity (Wildman–Crippen MR) is 71.6 cm³/mol. The van der Waals surface area contributed by atoms with Gasteiger partial charge in [0, 0.05) is 23.1 Å². The lowest BCUT2D eigenvalue weighted by Gasteiger charge is -2.19. The maximum absolute atomic E-state index is 12.9. The molecule has 0 N–H and O–H groups in total. The molecule has 0 bridgehead atoms. The van der Waals surface area contributed by atoms with Crippen molar-refractivity contribution in [1.29, 1.82) is 0 Å². The summed E-state index contributed by atoms with van der Waals surface area (Å²) in [5.41, 5.74) is -0.753. The highest BCUT2D eigenvalue weighted by molar-refractivity contribution is 9.10. The number of halogens is 4. The van der Waals surface area contributed by atoms with Crippen LogP contribution >= 0.6 is 15.9 Å². The number of benzene rings is 1. The molecule has 1 aromatic carbocycles. The second kappa shape index (κ2) is 5.67. The van der Waals surface area contributed by atoms with E-state index < -0.39 is 29.5 Å². The number of carbonyl (C=O) groups excluding carboxylic acids is 2. The van der Waals surface area contributed by atoms with E-state index in [1.54, 1.807) is 0 Å². The van der Waals surface area contributed by atoms with Crippen LogP contribution in [0.2, 0.25) is 0 Å². The van der Waals surface area contributed by atoms with Crippen LogP contribution in [0.25, 0.3) is 0 Å². The number of alkyl halides is 3. The van der Waals surface area contributed by atoms with Crippen molar-refractivity contribution in [2.75, 3.05) is 18.6 Å². The zero-order valence-electron chi connectivity index (χ0n) is 10.9. The maximum Gasteiger partial charge on any atom is 0.417 e. The van der Waals surface area contributed by atoms with E-state index >= 15 is 0 Å². The van der Waals surface area contributed by atoms with Crippen LogP contribution in [0.5, 0.6) is 0 Å². The van der Waals surface area contributed by atoms with Crippen molar-refractivity contribution in [2.24, 2.45) is 5.92 Å². The number of hydrogen-bond acceptors (Lipinski definition) is 3. The Labute approximate surface area is 127 Å². The molecule has 1 aliphatic rings. The van der Waals surface area contributed by atoms with Crippen molar-refractivity contribution in [3.05, 3.63) is 28.2 Å². The molecule has 0 radical (unpaired) electrons. The average Bonchev–Trinajstić information content (AvgIpc) is 2.79. The molecule has 1 atom stereocenters. The molecule has 4 nitrogen and oxygen atoms in total. The van der Waals surface area contributed by atoms with Gasteiger partial charge in [-0.1, -0.05) is 15.9 Å². The Morgan fingerprint density at radius 1 is 1.43 bits per heavy atom. The second-order valence-corrected chi connectivity index (χ2v) is 5.44. The third-order valence-corrected chi connectivity index (χ3v) is 3.92. The quantitative estimate of drug-likeness (QED) is 0.757. The second-order valence-electron chi connectivity index (χ2n) is 4.59. The molecule has 1 heterocycles. The molecule has 1 aromatic rings. The molecule has 1 amide bonds. The molecule has 21 heavy (non-hydrogen) atoms. The standard InChI is InChI=1S/C13H11BrF3NO3/c1-21-12(20)7-4-11(19)18(6-7)8-2-3-10(14)9(5-8)13(15,16)17/h2-3,5,7H,4,6H2,1H3/t7-/m1/s1. The molecule has 0 saturated carbocycles. The highest BCUT2D eigenvalue weighted by atomic mass is 79.9. The zero-order chi connectivity index (χ0) is 15.8. The molecule has 0 unspecified atom stereocenters. The lowest BCUT2D eigenvalue weighted by atomic mass is 10.1. The van der Waals surface area contributed by atoms with E-state index in [0.717, 1.165) is 6.07 Å². The SMILES string of the molecule is COC(=O)[C@@H]1CC(=O)N(c2ccc(Br)c(C(F)(F)F)c2)C1. The maximum atomic E-state index is 12.9. The number of hydrogen-bond donors (Lipinski definition) is 0. The van der Waals surface area contributed by atoms with Crippen molar-refractivity contribution in [3.8, 4) is 0 Å². The fourth-order valence-corrected chi connectivity index (χ4v) is 2.65. The lowest BCUT2D eigenvalue weighted by molar-refractivity contribution is -0.145. The number of carbonyl (C=O) groups is 2. The first kappa shape index (κ1) is 15.8. The molecular weight excluding hydrogens is 355 g/mol. The number of rotatable bonds is 2. The van der Waals surface area contributed by atoms with Crippen LogP contribution in [0, 0.1) is 5.92 Å². The summed E-state index contributed by atoms with van der Waals surface area (Å²) in [6.07, 6.45) is -4.59. The Balaban J connectivity index is 2.31. The van der Waals surface area contributed by atoms with E-state index in [4.69, 9.17) is 0 Å². The van der Waals surface area contributed by atoms with Crippen LogP contribution in [-0.4, -0.2) is 25.5 Å². The first-order chi connectivity index (χ1) is 9.74. The van der Waals surface area contributed by atoms with Crippen molar-refractivity contribution in [1.82, 2.24) is 0 Å². The van der Waals surface area contributed by atoms with Gasteiger partial charge in [0.2, 0.25) is 5.91 Å². The topological polar surface area (TPSA) is 46.6 Å². The van der Waals surface area contributed by atoms with Gasteiger partial charge in [-0.05, 0) is 18.2 Å². The number of esters is 1. The van der Waals surface area contributed by atoms with Gasteiger partial charge in [-0.25, -0.2) is 0 Å². The van der Waals surface area contributed by atoms with Gasteiger partial charge in [0.25, 0.3) is 0 Å². The Morgan fingerprint density at radius 2 is 2.10 bits per heavy atom. The molecule has 0 spiro atoms. The Hall–Kier alpha value is -1.57. The molecule has 0 aliphatic carbocycles. The van der Waals surface area contributed by atoms with Gasteiger partial charge < -0.3 is 9.64 Å². The molecule has 0 aromatic heterocycles. The van der Waals surface area contributed by atoms with E-state index in [9.17, 15) is 22.8 Å². The van der Waals surface area contributed by atoms with Crippen LogP contribution in [0.15, 0.2) is 22.7 Å². The largest absolute Gasteiger partial charge is 0.469 e. The third-order valence-electron chi connectivity index (χ3n) is 3.23. The molecule has 1 fully saturated rings. The molecular formula is C13H11BrF3NO3. The summed E-state index contributed by atoms with van der Waals surface area (Å²) in [4.78, 5) is 24.5. The van der Waals surface area contributed by atoms with Crippen molar-refractivity contribution < 1.29 is 27.5 Å². The van der Waals surface area contributed by atoms with Gasteiger partial charge >= 0.3 is 12.1 Å². The van der Waals surface area contributed by atoms with E-state index in [2.05, 4.69) is 20.7 Å². The molecule has 8 heteroatoms. The van der Waals surface area contributed by atoms with Crippen molar-refractivity contribution >= 4 is 33.5 Å². The molecule has 114 valence electrons. The van der Waals surface area contributed by atoms with E-state index in [-0.39, 0.29) is 23.1 Å². The number of anilines is 1.